The molecule has 2 heterocycles. The van der Waals surface area contributed by atoms with Gasteiger partial charge in [-0.2, -0.15) is 0 Å². The fourth-order valence-corrected chi connectivity index (χ4v) is 5.96. The second-order valence-corrected chi connectivity index (χ2v) is 10.7. The zero-order chi connectivity index (χ0) is 27.9. The maximum Gasteiger partial charge on any atom is 0.335 e. The van der Waals surface area contributed by atoms with Crippen molar-refractivity contribution < 1.29 is 19.4 Å². The molecule has 0 saturated carbocycles. The molecule has 3 aromatic carbocycles. The second kappa shape index (κ2) is 12.7. The van der Waals surface area contributed by atoms with E-state index in [2.05, 4.69) is 40.3 Å². The largest absolute Gasteiger partial charge is 0.487 e. The van der Waals surface area contributed by atoms with E-state index in [1.807, 2.05) is 48.7 Å². The van der Waals surface area contributed by atoms with Crippen LogP contribution in [0.15, 0.2) is 97.3 Å². The van der Waals surface area contributed by atoms with Gasteiger partial charge in [-0.1, -0.05) is 61.5 Å². The number of hydrogen-bond donors (Lipinski definition) is 2. The summed E-state index contributed by atoms with van der Waals surface area (Å²) in [7, 11) is 0. The highest BCUT2D eigenvalue weighted by molar-refractivity contribution is 8.00. The van der Waals surface area contributed by atoms with Crippen molar-refractivity contribution in [2.75, 3.05) is 21.8 Å². The molecule has 0 aliphatic carbocycles. The number of carboxylic acid groups (broad SMARTS) is 1. The van der Waals surface area contributed by atoms with E-state index in [0.717, 1.165) is 23.3 Å². The van der Waals surface area contributed by atoms with Gasteiger partial charge in [0, 0.05) is 35.1 Å². The minimum absolute atomic E-state index is 0.138. The number of aromatic nitrogens is 1. The predicted molar refractivity (Wildman–Crippen MR) is 159 cm³/mol. The minimum Gasteiger partial charge on any atom is -0.487 e. The zero-order valence-corrected chi connectivity index (χ0v) is 23.0. The summed E-state index contributed by atoms with van der Waals surface area (Å²) >= 11 is 1.53. The van der Waals surface area contributed by atoms with Crippen LogP contribution in [0.3, 0.4) is 0 Å². The fraction of sp³-hybridized carbons (Fsp3) is 0.219. The molecule has 5 rings (SSSR count). The van der Waals surface area contributed by atoms with E-state index >= 15 is 0 Å². The van der Waals surface area contributed by atoms with Crippen molar-refractivity contribution in [1.29, 1.82) is 0 Å². The number of amides is 1. The average Bonchev–Trinajstić information content (AvgIpc) is 3.35. The molecule has 204 valence electrons. The van der Waals surface area contributed by atoms with Gasteiger partial charge >= 0.3 is 5.97 Å². The van der Waals surface area contributed by atoms with Crippen molar-refractivity contribution in [3.8, 4) is 5.75 Å². The Hall–Kier alpha value is -4.30. The maximum atomic E-state index is 12.7. The lowest BCUT2D eigenvalue weighted by Gasteiger charge is -2.32. The number of nitrogens with one attached hydrogen (secondary N) is 1. The Morgan fingerprint density at radius 3 is 2.70 bits per heavy atom. The summed E-state index contributed by atoms with van der Waals surface area (Å²) in [4.78, 5) is 30.6. The number of para-hydroxylation sites is 1. The van der Waals surface area contributed by atoms with Crippen molar-refractivity contribution in [3.63, 3.8) is 0 Å². The molecular formula is C32H31N3O4S. The number of ether oxygens (including phenoxy) is 1. The van der Waals surface area contributed by atoms with Crippen LogP contribution >= 0.6 is 11.8 Å². The van der Waals surface area contributed by atoms with Crippen LogP contribution in [-0.2, 0) is 17.8 Å². The lowest BCUT2D eigenvalue weighted by atomic mass is 9.91. The fourth-order valence-electron chi connectivity index (χ4n) is 5.08. The van der Waals surface area contributed by atoms with Crippen molar-refractivity contribution in [2.45, 2.75) is 31.9 Å². The quantitative estimate of drug-likeness (QED) is 0.228. The van der Waals surface area contributed by atoms with Gasteiger partial charge < -0.3 is 20.1 Å². The summed E-state index contributed by atoms with van der Waals surface area (Å²) in [5, 5.41) is 12.0. The molecule has 1 aliphatic heterocycles. The Morgan fingerprint density at radius 1 is 1.07 bits per heavy atom. The first-order valence-corrected chi connectivity index (χ1v) is 14.3. The lowest BCUT2D eigenvalue weighted by Crippen LogP contribution is -2.36. The standard InChI is InChI=1S/C32H31N3O4S/c1-22(27-14-15-33-18-30(27)39-19-23-8-3-2-4-9-23)29-17-24-10-5-6-13-28(24)35(29)21-40-20-31(36)34-26-12-7-11-25(16-26)32(37)38/h2-16,18,22,29H,17,19-21H2,1H3,(H,34,36)(H,37,38). The molecule has 1 aromatic heterocycles. The number of pyridine rings is 1. The summed E-state index contributed by atoms with van der Waals surface area (Å²) in [5.74, 6) is 0.619. The second-order valence-electron chi connectivity index (χ2n) is 9.76. The van der Waals surface area contributed by atoms with Gasteiger partial charge in [-0.25, -0.2) is 4.79 Å². The van der Waals surface area contributed by atoms with E-state index in [0.29, 0.717) is 18.2 Å². The first kappa shape index (κ1) is 27.3. The Balaban J connectivity index is 1.26. The lowest BCUT2D eigenvalue weighted by molar-refractivity contribution is -0.113. The number of carbonyl (C=O) groups is 2. The molecule has 0 spiro atoms. The van der Waals surface area contributed by atoms with E-state index in [1.165, 1.54) is 35.1 Å². The minimum atomic E-state index is -1.03. The number of carboxylic acids is 1. The summed E-state index contributed by atoms with van der Waals surface area (Å²) in [6.07, 6.45) is 4.50. The van der Waals surface area contributed by atoms with Gasteiger partial charge in [-0.3, -0.25) is 9.78 Å². The third-order valence-electron chi connectivity index (χ3n) is 7.11. The number of anilines is 2. The molecule has 1 amide bonds. The van der Waals surface area contributed by atoms with Gasteiger partial charge in [0.15, 0.2) is 0 Å². The number of fused-ring (bicyclic) bond motifs is 1. The maximum absolute atomic E-state index is 12.7. The summed E-state index contributed by atoms with van der Waals surface area (Å²) in [6.45, 7) is 2.70. The number of carbonyl (C=O) groups excluding carboxylic acids is 1. The van der Waals surface area contributed by atoms with Gasteiger partial charge in [-0.05, 0) is 47.9 Å². The van der Waals surface area contributed by atoms with Crippen molar-refractivity contribution in [3.05, 3.63) is 120 Å². The molecule has 0 fully saturated rings. The van der Waals surface area contributed by atoms with Gasteiger partial charge in [-0.15, -0.1) is 11.8 Å². The van der Waals surface area contributed by atoms with Gasteiger partial charge in [0.2, 0.25) is 5.91 Å². The number of benzene rings is 3. The molecule has 2 unspecified atom stereocenters. The molecule has 4 aromatic rings. The third kappa shape index (κ3) is 6.46. The van der Waals surface area contributed by atoms with Gasteiger partial charge in [0.25, 0.3) is 0 Å². The molecule has 7 nitrogen and oxygen atoms in total. The Labute approximate surface area is 238 Å². The molecule has 8 heteroatoms. The topological polar surface area (TPSA) is 91.8 Å². The van der Waals surface area contributed by atoms with Gasteiger partial charge in [0.05, 0.1) is 23.4 Å². The number of rotatable bonds is 11. The Kier molecular flexibility index (Phi) is 8.66. The van der Waals surface area contributed by atoms with E-state index < -0.39 is 5.97 Å². The van der Waals surface area contributed by atoms with Crippen molar-refractivity contribution >= 4 is 35.0 Å². The number of thioether (sulfide) groups is 1. The van der Waals surface area contributed by atoms with Crippen LogP contribution in [0.5, 0.6) is 5.75 Å². The van der Waals surface area contributed by atoms with Crippen LogP contribution in [0.1, 0.15) is 39.9 Å². The average molecular weight is 554 g/mol. The molecule has 0 bridgehead atoms. The number of nitrogens with zero attached hydrogens (tertiary/aromatic N) is 2. The van der Waals surface area contributed by atoms with E-state index in [-0.39, 0.29) is 29.2 Å². The molecule has 1 aliphatic rings. The molecule has 2 atom stereocenters. The summed E-state index contributed by atoms with van der Waals surface area (Å²) < 4.78 is 6.23. The first-order valence-electron chi connectivity index (χ1n) is 13.2. The SMILES string of the molecule is CC(c1ccncc1OCc1ccccc1)C1Cc2ccccc2N1CSCC(=O)Nc1cccc(C(=O)O)c1. The van der Waals surface area contributed by atoms with Crippen LogP contribution in [0.4, 0.5) is 11.4 Å². The molecule has 2 N–H and O–H groups in total. The summed E-state index contributed by atoms with van der Waals surface area (Å²) in [6, 6.07) is 27.0. The van der Waals surface area contributed by atoms with Crippen LogP contribution in [-0.4, -0.2) is 39.6 Å². The van der Waals surface area contributed by atoms with Crippen LogP contribution < -0.4 is 15.0 Å². The Bertz CT molecular complexity index is 1480. The highest BCUT2D eigenvalue weighted by atomic mass is 32.2. The highest BCUT2D eigenvalue weighted by Gasteiger charge is 2.34. The van der Waals surface area contributed by atoms with E-state index in [9.17, 15) is 14.7 Å². The van der Waals surface area contributed by atoms with E-state index in [4.69, 9.17) is 4.74 Å². The summed E-state index contributed by atoms with van der Waals surface area (Å²) in [5.41, 5.74) is 5.29. The zero-order valence-electron chi connectivity index (χ0n) is 22.2. The number of aromatic carboxylic acids is 1. The predicted octanol–water partition coefficient (Wildman–Crippen LogP) is 6.22. The first-order chi connectivity index (χ1) is 19.5. The van der Waals surface area contributed by atoms with Crippen LogP contribution in [0.2, 0.25) is 0 Å². The molecule has 0 radical (unpaired) electrons. The molecular weight excluding hydrogens is 522 g/mol. The monoisotopic (exact) mass is 553 g/mol. The van der Waals surface area contributed by atoms with Crippen molar-refractivity contribution in [2.24, 2.45) is 0 Å². The third-order valence-corrected chi connectivity index (χ3v) is 8.04. The number of hydrogen-bond acceptors (Lipinski definition) is 6. The molecule has 0 saturated heterocycles. The highest BCUT2D eigenvalue weighted by Crippen LogP contribution is 2.41. The Morgan fingerprint density at radius 2 is 1.88 bits per heavy atom. The molecule has 40 heavy (non-hydrogen) atoms. The van der Waals surface area contributed by atoms with Crippen molar-refractivity contribution in [1.82, 2.24) is 4.98 Å². The van der Waals surface area contributed by atoms with Crippen LogP contribution in [0.25, 0.3) is 0 Å². The van der Waals surface area contributed by atoms with E-state index in [1.54, 1.807) is 18.3 Å². The van der Waals surface area contributed by atoms with Crippen LogP contribution in [0, 0.1) is 0 Å². The normalized spacial score (nSPS) is 14.8. The van der Waals surface area contributed by atoms with Gasteiger partial charge in [0.1, 0.15) is 12.4 Å². The smallest absolute Gasteiger partial charge is 0.335 e.